The van der Waals surface area contributed by atoms with Gasteiger partial charge in [-0.2, -0.15) is 5.26 Å². The van der Waals surface area contributed by atoms with E-state index in [2.05, 4.69) is 6.07 Å². The number of fused-ring (bicyclic) bond motifs is 1. The van der Waals surface area contributed by atoms with Gasteiger partial charge in [-0.05, 0) is 25.2 Å². The predicted molar refractivity (Wildman–Crippen MR) is 54.2 cm³/mol. The summed E-state index contributed by atoms with van der Waals surface area (Å²) in [5, 5.41) is 8.43. The van der Waals surface area contributed by atoms with Crippen LogP contribution in [-0.4, -0.2) is 24.8 Å². The van der Waals surface area contributed by atoms with Gasteiger partial charge in [-0.25, -0.2) is 0 Å². The monoisotopic (exact) mass is 221 g/mol. The molecule has 4 nitrogen and oxygen atoms in total. The highest BCUT2D eigenvalue weighted by molar-refractivity contribution is 5.76. The van der Waals surface area contributed by atoms with Crippen LogP contribution in [0.15, 0.2) is 0 Å². The van der Waals surface area contributed by atoms with E-state index in [1.165, 1.54) is 0 Å². The Balaban J connectivity index is 1.58. The third-order valence-corrected chi connectivity index (χ3v) is 4.16. The second-order valence-electron chi connectivity index (χ2n) is 5.00. The van der Waals surface area contributed by atoms with Crippen molar-refractivity contribution in [3.8, 4) is 6.07 Å². The fourth-order valence-electron chi connectivity index (χ4n) is 3.50. The number of carbonyl (C=O) groups excluding carboxylic acids is 1. The highest BCUT2D eigenvalue weighted by Crippen LogP contribution is 2.55. The van der Waals surface area contributed by atoms with Crippen molar-refractivity contribution in [2.75, 3.05) is 6.61 Å². The summed E-state index contributed by atoms with van der Waals surface area (Å²) in [5.41, 5.74) is 0. The minimum atomic E-state index is -0.0133. The predicted octanol–water partition coefficient (Wildman–Crippen LogP) is 1.26. The number of carbonyl (C=O) groups is 1. The fourth-order valence-corrected chi connectivity index (χ4v) is 3.50. The average molecular weight is 221 g/mol. The number of hydrogen-bond donors (Lipinski definition) is 0. The Bertz CT molecular complexity index is 349. The molecule has 0 N–H and O–H groups in total. The molecule has 0 aromatic carbocycles. The van der Waals surface area contributed by atoms with Gasteiger partial charge >= 0.3 is 5.97 Å². The normalized spacial score (nSPS) is 43.4. The molecule has 2 aliphatic carbocycles. The molecule has 5 atom stereocenters. The molecule has 0 radical (unpaired) electrons. The molecular weight excluding hydrogens is 206 g/mol. The molecule has 3 aliphatic rings. The van der Waals surface area contributed by atoms with Crippen LogP contribution in [0, 0.1) is 29.1 Å². The number of unbranched alkanes of at least 4 members (excludes halogenated alkanes) is 1. The molecule has 5 unspecified atom stereocenters. The summed E-state index contributed by atoms with van der Waals surface area (Å²) in [4.78, 5) is 11.5. The number of ether oxygens (including phenoxy) is 2. The zero-order valence-corrected chi connectivity index (χ0v) is 9.09. The van der Waals surface area contributed by atoms with E-state index >= 15 is 0 Å². The summed E-state index contributed by atoms with van der Waals surface area (Å²) in [5.74, 6) is 1.07. The molecule has 3 rings (SSSR count). The Hall–Kier alpha value is -1.08. The highest BCUT2D eigenvalue weighted by Gasteiger charge is 2.62. The van der Waals surface area contributed by atoms with Crippen LogP contribution in [0.3, 0.4) is 0 Å². The summed E-state index contributed by atoms with van der Waals surface area (Å²) in [6.45, 7) is 0.611. The van der Waals surface area contributed by atoms with Gasteiger partial charge in [-0.1, -0.05) is 0 Å². The van der Waals surface area contributed by atoms with E-state index in [1.807, 2.05) is 0 Å². The summed E-state index contributed by atoms with van der Waals surface area (Å²) in [6, 6.07) is 2.10. The van der Waals surface area contributed by atoms with E-state index in [4.69, 9.17) is 14.7 Å². The van der Waals surface area contributed by atoms with Gasteiger partial charge in [0, 0.05) is 18.9 Å². The maximum atomic E-state index is 11.5. The summed E-state index contributed by atoms with van der Waals surface area (Å²) < 4.78 is 11.2. The lowest BCUT2D eigenvalue weighted by Crippen LogP contribution is -2.34. The van der Waals surface area contributed by atoms with E-state index in [0.29, 0.717) is 24.9 Å². The topological polar surface area (TPSA) is 59.3 Å². The molecule has 0 amide bonds. The van der Waals surface area contributed by atoms with Gasteiger partial charge in [0.15, 0.2) is 0 Å². The molecule has 2 saturated carbocycles. The first-order valence-corrected chi connectivity index (χ1v) is 6.00. The van der Waals surface area contributed by atoms with E-state index in [9.17, 15) is 4.79 Å². The lowest BCUT2D eigenvalue weighted by molar-refractivity contribution is -0.147. The first-order valence-electron chi connectivity index (χ1n) is 6.00. The van der Waals surface area contributed by atoms with Gasteiger partial charge in [0.25, 0.3) is 0 Å². The van der Waals surface area contributed by atoms with Gasteiger partial charge in [-0.15, -0.1) is 0 Å². The van der Waals surface area contributed by atoms with Gasteiger partial charge in [0.2, 0.25) is 0 Å². The molecule has 0 spiro atoms. The lowest BCUT2D eigenvalue weighted by atomic mass is 9.88. The molecule has 1 heterocycles. The van der Waals surface area contributed by atoms with Crippen molar-refractivity contribution >= 4 is 5.97 Å². The summed E-state index contributed by atoms with van der Waals surface area (Å²) >= 11 is 0. The van der Waals surface area contributed by atoms with Gasteiger partial charge < -0.3 is 9.47 Å². The second-order valence-corrected chi connectivity index (χ2v) is 5.00. The van der Waals surface area contributed by atoms with E-state index in [-0.39, 0.29) is 24.1 Å². The summed E-state index contributed by atoms with van der Waals surface area (Å²) in [7, 11) is 0. The van der Waals surface area contributed by atoms with Crippen LogP contribution in [0.1, 0.15) is 25.7 Å². The zero-order valence-electron chi connectivity index (χ0n) is 9.09. The van der Waals surface area contributed by atoms with Crippen molar-refractivity contribution < 1.29 is 14.3 Å². The second kappa shape index (κ2) is 3.74. The maximum Gasteiger partial charge on any atom is 0.309 e. The van der Waals surface area contributed by atoms with Crippen LogP contribution in [0.25, 0.3) is 0 Å². The van der Waals surface area contributed by atoms with Crippen molar-refractivity contribution in [3.63, 3.8) is 0 Å². The van der Waals surface area contributed by atoms with E-state index < -0.39 is 0 Å². The van der Waals surface area contributed by atoms with Crippen molar-refractivity contribution in [1.82, 2.24) is 0 Å². The fraction of sp³-hybridized carbons (Fsp3) is 0.833. The summed E-state index contributed by atoms with van der Waals surface area (Å²) in [6.07, 6.45) is 3.46. The van der Waals surface area contributed by atoms with Crippen LogP contribution in [0.5, 0.6) is 0 Å². The smallest absolute Gasteiger partial charge is 0.309 e. The van der Waals surface area contributed by atoms with Crippen molar-refractivity contribution in [2.24, 2.45) is 17.8 Å². The standard InChI is InChI=1S/C12H15NO3/c13-3-1-2-4-15-10-7-5-8-9(6-7)12(14)16-11(8)10/h7-11H,1-2,4-6H2. The highest BCUT2D eigenvalue weighted by atomic mass is 16.6. The van der Waals surface area contributed by atoms with E-state index in [1.54, 1.807) is 0 Å². The molecule has 0 aromatic rings. The van der Waals surface area contributed by atoms with Crippen LogP contribution in [0.2, 0.25) is 0 Å². The molecule has 3 fully saturated rings. The Morgan fingerprint density at radius 2 is 2.38 bits per heavy atom. The molecule has 4 heteroatoms. The Morgan fingerprint density at radius 1 is 1.50 bits per heavy atom. The SMILES string of the molecule is N#CCCCOC1C2CC3C(=O)OC1C3C2. The van der Waals surface area contributed by atoms with Crippen LogP contribution >= 0.6 is 0 Å². The van der Waals surface area contributed by atoms with Crippen LogP contribution in [0.4, 0.5) is 0 Å². The average Bonchev–Trinajstić information content (AvgIpc) is 2.87. The molecular formula is C12H15NO3. The molecule has 1 saturated heterocycles. The minimum absolute atomic E-state index is 0.0123. The number of nitrogens with zero attached hydrogens (tertiary/aromatic N) is 1. The largest absolute Gasteiger partial charge is 0.459 e. The Morgan fingerprint density at radius 3 is 3.19 bits per heavy atom. The van der Waals surface area contributed by atoms with Crippen LogP contribution in [-0.2, 0) is 14.3 Å². The molecule has 86 valence electrons. The van der Waals surface area contributed by atoms with Gasteiger partial charge in [-0.3, -0.25) is 4.79 Å². The zero-order chi connectivity index (χ0) is 11.1. The van der Waals surface area contributed by atoms with E-state index in [0.717, 1.165) is 19.3 Å². The quantitative estimate of drug-likeness (QED) is 0.529. The molecule has 2 bridgehead atoms. The third-order valence-electron chi connectivity index (χ3n) is 4.16. The Kier molecular flexibility index (Phi) is 2.36. The first kappa shape index (κ1) is 10.1. The number of hydrogen-bond acceptors (Lipinski definition) is 4. The molecule has 1 aliphatic heterocycles. The minimum Gasteiger partial charge on any atom is -0.459 e. The lowest BCUT2D eigenvalue weighted by Gasteiger charge is -2.25. The number of esters is 1. The maximum absolute atomic E-state index is 11.5. The van der Waals surface area contributed by atoms with Gasteiger partial charge in [0.05, 0.1) is 18.1 Å². The first-order chi connectivity index (χ1) is 7.81. The van der Waals surface area contributed by atoms with Crippen molar-refractivity contribution in [2.45, 2.75) is 37.9 Å². The number of rotatable bonds is 4. The Labute approximate surface area is 94.5 Å². The molecule has 0 aromatic heterocycles. The molecule has 16 heavy (non-hydrogen) atoms. The van der Waals surface area contributed by atoms with Crippen molar-refractivity contribution in [1.29, 1.82) is 5.26 Å². The number of nitriles is 1. The third kappa shape index (κ3) is 1.35. The van der Waals surface area contributed by atoms with Crippen LogP contribution < -0.4 is 0 Å². The van der Waals surface area contributed by atoms with Crippen molar-refractivity contribution in [3.05, 3.63) is 0 Å². The van der Waals surface area contributed by atoms with Gasteiger partial charge in [0.1, 0.15) is 6.10 Å².